The molecule has 6 nitrogen and oxygen atoms in total. The molecular weight excluding hydrogens is 318 g/mol. The Hall–Kier alpha value is -2.11. The van der Waals surface area contributed by atoms with Gasteiger partial charge in [-0.3, -0.25) is 14.4 Å². The van der Waals surface area contributed by atoms with E-state index in [9.17, 15) is 14.4 Å². The molecule has 0 bridgehead atoms. The highest BCUT2D eigenvalue weighted by atomic mass is 16.2. The van der Waals surface area contributed by atoms with Crippen LogP contribution in [-0.2, 0) is 4.79 Å². The van der Waals surface area contributed by atoms with Gasteiger partial charge in [0, 0.05) is 36.8 Å². The minimum atomic E-state index is -0.181. The van der Waals surface area contributed by atoms with Crippen LogP contribution < -0.4 is 5.32 Å². The highest BCUT2D eigenvalue weighted by Gasteiger charge is 2.26. The number of hydrogen-bond donors (Lipinski definition) is 2. The Morgan fingerprint density at radius 3 is 2.28 bits per heavy atom. The van der Waals surface area contributed by atoms with Crippen LogP contribution >= 0.6 is 0 Å². The molecule has 25 heavy (non-hydrogen) atoms. The molecule has 1 fully saturated rings. The summed E-state index contributed by atoms with van der Waals surface area (Å²) in [5.74, 6) is 0.337. The fraction of sp³-hybridized carbons (Fsp3) is 0.632. The van der Waals surface area contributed by atoms with Crippen LogP contribution in [0.5, 0.6) is 0 Å². The van der Waals surface area contributed by atoms with E-state index in [2.05, 4.69) is 10.3 Å². The zero-order chi connectivity index (χ0) is 18.7. The SMILES string of the molecule is CC(=O)c1c(C)[nH]c(C(=O)NC2CCN(C(=O)CC(C)C)CC2)c1C. The first-order chi connectivity index (χ1) is 11.7. The van der Waals surface area contributed by atoms with Crippen molar-refractivity contribution in [3.05, 3.63) is 22.5 Å². The number of amides is 2. The molecule has 2 amide bonds. The predicted molar refractivity (Wildman–Crippen MR) is 96.8 cm³/mol. The number of H-pyrrole nitrogens is 1. The van der Waals surface area contributed by atoms with Crippen molar-refractivity contribution in [2.45, 2.75) is 59.9 Å². The van der Waals surface area contributed by atoms with Crippen LogP contribution in [0.1, 0.15) is 72.1 Å². The molecule has 0 spiro atoms. The van der Waals surface area contributed by atoms with Crippen molar-refractivity contribution < 1.29 is 14.4 Å². The van der Waals surface area contributed by atoms with E-state index >= 15 is 0 Å². The summed E-state index contributed by atoms with van der Waals surface area (Å²) in [5.41, 5.74) is 2.48. The number of hydrogen-bond acceptors (Lipinski definition) is 3. The third kappa shape index (κ3) is 4.50. The number of carbonyl (C=O) groups is 3. The van der Waals surface area contributed by atoms with Gasteiger partial charge in [-0.25, -0.2) is 0 Å². The van der Waals surface area contributed by atoms with Gasteiger partial charge < -0.3 is 15.2 Å². The summed E-state index contributed by atoms with van der Waals surface area (Å²) in [5, 5.41) is 3.04. The Morgan fingerprint density at radius 1 is 1.20 bits per heavy atom. The van der Waals surface area contributed by atoms with Gasteiger partial charge in [-0.1, -0.05) is 13.8 Å². The van der Waals surface area contributed by atoms with Gasteiger partial charge in [0.2, 0.25) is 5.91 Å². The maximum absolute atomic E-state index is 12.5. The maximum atomic E-state index is 12.5. The Morgan fingerprint density at radius 2 is 1.80 bits per heavy atom. The molecule has 2 heterocycles. The molecule has 0 aliphatic carbocycles. The molecule has 138 valence electrons. The second kappa shape index (κ2) is 7.85. The van der Waals surface area contributed by atoms with Crippen molar-refractivity contribution in [3.63, 3.8) is 0 Å². The lowest BCUT2D eigenvalue weighted by Crippen LogP contribution is -2.46. The lowest BCUT2D eigenvalue weighted by molar-refractivity contribution is -0.133. The molecule has 0 aromatic carbocycles. The highest BCUT2D eigenvalue weighted by molar-refractivity contribution is 6.02. The van der Waals surface area contributed by atoms with Gasteiger partial charge in [0.25, 0.3) is 5.91 Å². The fourth-order valence-corrected chi connectivity index (χ4v) is 3.51. The zero-order valence-electron chi connectivity index (χ0n) is 15.9. The minimum absolute atomic E-state index is 0.0396. The number of rotatable bonds is 5. The smallest absolute Gasteiger partial charge is 0.268 e. The topological polar surface area (TPSA) is 82.3 Å². The van der Waals surface area contributed by atoms with E-state index in [1.54, 1.807) is 13.8 Å². The van der Waals surface area contributed by atoms with Crippen LogP contribution in [0.3, 0.4) is 0 Å². The van der Waals surface area contributed by atoms with E-state index in [-0.39, 0.29) is 23.6 Å². The largest absolute Gasteiger partial charge is 0.354 e. The molecule has 1 aromatic heterocycles. The molecule has 0 saturated carbocycles. The third-order valence-corrected chi connectivity index (χ3v) is 4.78. The van der Waals surface area contributed by atoms with Crippen LogP contribution in [0.15, 0.2) is 0 Å². The summed E-state index contributed by atoms with van der Waals surface area (Å²) >= 11 is 0. The highest BCUT2D eigenvalue weighted by Crippen LogP contribution is 2.19. The van der Waals surface area contributed by atoms with Crippen LogP contribution in [-0.4, -0.2) is 46.6 Å². The molecule has 0 atom stereocenters. The van der Waals surface area contributed by atoms with E-state index in [1.165, 1.54) is 6.92 Å². The Balaban J connectivity index is 1.94. The lowest BCUT2D eigenvalue weighted by Gasteiger charge is -2.32. The van der Waals surface area contributed by atoms with Crippen LogP contribution in [0, 0.1) is 19.8 Å². The lowest BCUT2D eigenvalue weighted by atomic mass is 10.0. The third-order valence-electron chi connectivity index (χ3n) is 4.78. The summed E-state index contributed by atoms with van der Waals surface area (Å²) in [4.78, 5) is 41.3. The van der Waals surface area contributed by atoms with Gasteiger partial charge in [-0.15, -0.1) is 0 Å². The summed E-state index contributed by atoms with van der Waals surface area (Å²) in [6.45, 7) is 10.5. The molecule has 2 rings (SSSR count). The number of likely N-dealkylation sites (tertiary alicyclic amines) is 1. The predicted octanol–water partition coefficient (Wildman–Crippen LogP) is 2.60. The second-order valence-electron chi connectivity index (χ2n) is 7.41. The number of nitrogens with one attached hydrogen (secondary N) is 2. The van der Waals surface area contributed by atoms with Gasteiger partial charge in [0.1, 0.15) is 5.69 Å². The first-order valence-electron chi connectivity index (χ1n) is 8.99. The number of Topliss-reactive ketones (excluding diaryl/α,β-unsaturated/α-hetero) is 1. The number of piperidine rings is 1. The van der Waals surface area contributed by atoms with Gasteiger partial charge in [-0.2, -0.15) is 0 Å². The number of aromatic amines is 1. The Bertz CT molecular complexity index is 668. The standard InChI is InChI=1S/C19H29N3O3/c1-11(2)10-16(24)22-8-6-15(7-9-22)21-19(25)18-12(3)17(14(5)23)13(4)20-18/h11,15,20H,6-10H2,1-5H3,(H,21,25). The molecule has 1 aliphatic rings. The first-order valence-corrected chi connectivity index (χ1v) is 8.99. The maximum Gasteiger partial charge on any atom is 0.268 e. The van der Waals surface area contributed by atoms with E-state index in [0.717, 1.165) is 18.5 Å². The molecule has 6 heteroatoms. The summed E-state index contributed by atoms with van der Waals surface area (Å²) in [6.07, 6.45) is 2.09. The van der Waals surface area contributed by atoms with Crippen molar-refractivity contribution in [3.8, 4) is 0 Å². The number of ketones is 1. The summed E-state index contributed by atoms with van der Waals surface area (Å²) < 4.78 is 0. The molecule has 0 unspecified atom stereocenters. The van der Waals surface area contributed by atoms with Crippen molar-refractivity contribution >= 4 is 17.6 Å². The van der Waals surface area contributed by atoms with Crippen molar-refractivity contribution in [1.82, 2.24) is 15.2 Å². The molecule has 0 radical (unpaired) electrons. The number of aryl methyl sites for hydroxylation is 1. The normalized spacial score (nSPS) is 15.5. The first kappa shape index (κ1) is 19.2. The Kier molecular flexibility index (Phi) is 6.03. The zero-order valence-corrected chi connectivity index (χ0v) is 15.9. The molecule has 1 aromatic rings. The average molecular weight is 347 g/mol. The second-order valence-corrected chi connectivity index (χ2v) is 7.41. The number of aromatic nitrogens is 1. The van der Waals surface area contributed by atoms with Crippen molar-refractivity contribution in [2.24, 2.45) is 5.92 Å². The van der Waals surface area contributed by atoms with Gasteiger partial charge in [0.15, 0.2) is 5.78 Å². The summed E-state index contributed by atoms with van der Waals surface area (Å²) in [6, 6.07) is 0.0550. The van der Waals surface area contributed by atoms with Crippen LogP contribution in [0.4, 0.5) is 0 Å². The van der Waals surface area contributed by atoms with Gasteiger partial charge in [-0.05, 0) is 45.1 Å². The van der Waals surface area contributed by atoms with E-state index < -0.39 is 0 Å². The van der Waals surface area contributed by atoms with E-state index in [0.29, 0.717) is 42.2 Å². The molecule has 1 aliphatic heterocycles. The van der Waals surface area contributed by atoms with Gasteiger partial charge in [0.05, 0.1) is 0 Å². The molecular formula is C19H29N3O3. The fourth-order valence-electron chi connectivity index (χ4n) is 3.51. The average Bonchev–Trinajstić information content (AvgIpc) is 2.82. The van der Waals surface area contributed by atoms with Crippen LogP contribution in [0.2, 0.25) is 0 Å². The van der Waals surface area contributed by atoms with Gasteiger partial charge >= 0.3 is 0 Å². The monoisotopic (exact) mass is 347 g/mol. The van der Waals surface area contributed by atoms with E-state index in [1.807, 2.05) is 18.7 Å². The number of nitrogens with zero attached hydrogens (tertiary/aromatic N) is 1. The summed E-state index contributed by atoms with van der Waals surface area (Å²) in [7, 11) is 0. The molecule has 2 N–H and O–H groups in total. The molecule has 1 saturated heterocycles. The Labute approximate surface area is 149 Å². The van der Waals surface area contributed by atoms with Crippen molar-refractivity contribution in [1.29, 1.82) is 0 Å². The minimum Gasteiger partial charge on any atom is -0.354 e. The van der Waals surface area contributed by atoms with Crippen molar-refractivity contribution in [2.75, 3.05) is 13.1 Å². The van der Waals surface area contributed by atoms with Crippen LogP contribution in [0.25, 0.3) is 0 Å². The number of carbonyl (C=O) groups excluding carboxylic acids is 3. The quantitative estimate of drug-likeness (QED) is 0.803. The van der Waals surface area contributed by atoms with E-state index in [4.69, 9.17) is 0 Å².